The summed E-state index contributed by atoms with van der Waals surface area (Å²) in [6.07, 6.45) is 0.292. The highest BCUT2D eigenvalue weighted by Gasteiger charge is 2.09. The molecule has 0 amide bonds. The summed E-state index contributed by atoms with van der Waals surface area (Å²) in [4.78, 5) is 11.1. The lowest BCUT2D eigenvalue weighted by atomic mass is 9.94. The van der Waals surface area contributed by atoms with Gasteiger partial charge in [0.15, 0.2) is 0 Å². The first-order valence-corrected chi connectivity index (χ1v) is 4.10. The Kier molecular flexibility index (Phi) is 2.63. The smallest absolute Gasteiger partial charge is 0.259 e. The topological polar surface area (TPSA) is 34.9 Å². The summed E-state index contributed by atoms with van der Waals surface area (Å²) in [7, 11) is 9.02. The zero-order valence-electron chi connectivity index (χ0n) is 6.54. The predicted octanol–water partition coefficient (Wildman–Crippen LogP) is -0.912. The van der Waals surface area contributed by atoms with Gasteiger partial charge in [0.2, 0.25) is 5.95 Å². The molecule has 0 aliphatic rings. The number of nitrogens with zero attached hydrogens (tertiary/aromatic N) is 2. The van der Waals surface area contributed by atoms with Gasteiger partial charge in [-0.05, 0) is 11.6 Å². The van der Waals surface area contributed by atoms with Crippen LogP contribution in [0.2, 0.25) is 0 Å². The van der Waals surface area contributed by atoms with Crippen LogP contribution in [-0.4, -0.2) is 17.6 Å². The summed E-state index contributed by atoms with van der Waals surface area (Å²) in [6, 6.07) is 0. The van der Waals surface area contributed by atoms with Gasteiger partial charge >= 0.3 is 0 Å². The molecule has 0 aliphatic carbocycles. The van der Waals surface area contributed by atoms with Crippen molar-refractivity contribution in [3.05, 3.63) is 21.9 Å². The molecule has 1 unspecified atom stereocenters. The van der Waals surface area contributed by atoms with Crippen molar-refractivity contribution in [2.45, 2.75) is 6.16 Å². The lowest BCUT2D eigenvalue weighted by molar-refractivity contribution is 0.512. The molecule has 12 heavy (non-hydrogen) atoms. The number of aryl methyl sites for hydroxylation is 1. The van der Waals surface area contributed by atoms with Crippen LogP contribution in [0.3, 0.4) is 0 Å². The maximum atomic E-state index is 12.9. The average molecular weight is 184 g/mol. The van der Waals surface area contributed by atoms with Gasteiger partial charge in [0, 0.05) is 12.6 Å². The van der Waals surface area contributed by atoms with E-state index in [1.54, 1.807) is 0 Å². The molecule has 62 valence electrons. The van der Waals surface area contributed by atoms with Crippen LogP contribution in [0.1, 0.15) is 5.56 Å². The molecule has 3 nitrogen and oxygen atoms in total. The Bertz CT molecular complexity index is 365. The predicted molar refractivity (Wildman–Crippen MR) is 48.2 cm³/mol. The largest absolute Gasteiger partial charge is 0.269 e. The Morgan fingerprint density at radius 3 is 2.83 bits per heavy atom. The van der Waals surface area contributed by atoms with Crippen molar-refractivity contribution in [2.24, 2.45) is 7.05 Å². The summed E-state index contributed by atoms with van der Waals surface area (Å²) in [5.41, 5.74) is -0.378. The molecule has 0 N–H and O–H groups in total. The number of rotatable bonds is 1. The van der Waals surface area contributed by atoms with Crippen LogP contribution in [0.25, 0.3) is 0 Å². The van der Waals surface area contributed by atoms with E-state index in [1.807, 2.05) is 0 Å². The minimum Gasteiger partial charge on any atom is -0.269 e. The van der Waals surface area contributed by atoms with E-state index in [0.29, 0.717) is 6.16 Å². The van der Waals surface area contributed by atoms with Crippen molar-refractivity contribution < 1.29 is 4.39 Å². The standard InChI is InChI=1S/C6H7BFN2OP/c1-10-6(11)4(7)3(2-12)5(8)9-10/h2,12H2,1H3. The molecule has 0 bridgehead atoms. The van der Waals surface area contributed by atoms with Gasteiger partial charge < -0.3 is 0 Å². The van der Waals surface area contributed by atoms with Crippen LogP contribution in [0.15, 0.2) is 4.79 Å². The van der Waals surface area contributed by atoms with E-state index >= 15 is 0 Å². The van der Waals surface area contributed by atoms with Crippen LogP contribution in [0, 0.1) is 5.95 Å². The molecule has 0 aromatic carbocycles. The molecule has 0 saturated heterocycles. The molecule has 2 radical (unpaired) electrons. The molecule has 1 aromatic rings. The summed E-state index contributed by atoms with van der Waals surface area (Å²) in [5.74, 6) is -0.690. The summed E-state index contributed by atoms with van der Waals surface area (Å²) >= 11 is 0. The molecule has 0 spiro atoms. The quantitative estimate of drug-likeness (QED) is 0.418. The third-order valence-electron chi connectivity index (χ3n) is 1.54. The lowest BCUT2D eigenvalue weighted by Crippen LogP contribution is -2.38. The van der Waals surface area contributed by atoms with Crippen LogP contribution in [-0.2, 0) is 13.2 Å². The van der Waals surface area contributed by atoms with Crippen molar-refractivity contribution in [2.75, 3.05) is 0 Å². The SMILES string of the molecule is [B]c1c(CP)c(F)nn(C)c1=O. The summed E-state index contributed by atoms with van der Waals surface area (Å²) < 4.78 is 13.8. The van der Waals surface area contributed by atoms with E-state index in [-0.39, 0.29) is 11.0 Å². The normalized spacial score (nSPS) is 10.2. The fourth-order valence-corrected chi connectivity index (χ4v) is 1.23. The first-order valence-electron chi connectivity index (χ1n) is 3.29. The minimum atomic E-state index is -0.690. The number of halogens is 1. The molecule has 1 rings (SSSR count). The molecule has 0 fully saturated rings. The van der Waals surface area contributed by atoms with Crippen molar-refractivity contribution in [1.29, 1.82) is 0 Å². The van der Waals surface area contributed by atoms with Gasteiger partial charge in [0.25, 0.3) is 5.56 Å². The molecule has 6 heteroatoms. The minimum absolute atomic E-state index is 0.0694. The second-order valence-electron chi connectivity index (χ2n) is 2.32. The van der Waals surface area contributed by atoms with E-state index in [1.165, 1.54) is 7.05 Å². The number of hydrogen-bond donors (Lipinski definition) is 0. The first-order chi connectivity index (χ1) is 5.57. The van der Waals surface area contributed by atoms with E-state index in [2.05, 4.69) is 14.3 Å². The summed E-state index contributed by atoms with van der Waals surface area (Å²) in [6.45, 7) is 0. The van der Waals surface area contributed by atoms with Crippen LogP contribution < -0.4 is 11.0 Å². The molecular formula is C6H7BFN2OP. The lowest BCUT2D eigenvalue weighted by Gasteiger charge is -2.04. The molecule has 0 aliphatic heterocycles. The Balaban J connectivity index is 3.52. The van der Waals surface area contributed by atoms with Crippen molar-refractivity contribution in [3.63, 3.8) is 0 Å². The zero-order valence-corrected chi connectivity index (χ0v) is 7.70. The van der Waals surface area contributed by atoms with Crippen LogP contribution in [0.4, 0.5) is 4.39 Å². The van der Waals surface area contributed by atoms with E-state index in [4.69, 9.17) is 7.85 Å². The molecular weight excluding hydrogens is 177 g/mol. The Morgan fingerprint density at radius 1 is 1.75 bits per heavy atom. The van der Waals surface area contributed by atoms with Gasteiger partial charge in [-0.3, -0.25) is 4.79 Å². The van der Waals surface area contributed by atoms with Crippen molar-refractivity contribution in [3.8, 4) is 0 Å². The van der Waals surface area contributed by atoms with Gasteiger partial charge in [-0.2, -0.15) is 4.39 Å². The molecule has 1 heterocycles. The van der Waals surface area contributed by atoms with Gasteiger partial charge in [-0.15, -0.1) is 14.3 Å². The van der Waals surface area contributed by atoms with Crippen molar-refractivity contribution in [1.82, 2.24) is 9.78 Å². The van der Waals surface area contributed by atoms with Crippen molar-refractivity contribution >= 4 is 22.5 Å². The highest BCUT2D eigenvalue weighted by molar-refractivity contribution is 7.15. The maximum absolute atomic E-state index is 12.9. The Hall–Kier alpha value is -0.695. The highest BCUT2D eigenvalue weighted by Crippen LogP contribution is 2.02. The van der Waals surface area contributed by atoms with E-state index in [0.717, 1.165) is 4.68 Å². The highest BCUT2D eigenvalue weighted by atomic mass is 31.0. The van der Waals surface area contributed by atoms with Gasteiger partial charge in [-0.25, -0.2) is 4.68 Å². The maximum Gasteiger partial charge on any atom is 0.259 e. The Morgan fingerprint density at radius 2 is 2.33 bits per heavy atom. The third kappa shape index (κ3) is 1.41. The second kappa shape index (κ2) is 3.36. The van der Waals surface area contributed by atoms with E-state index < -0.39 is 11.5 Å². The Labute approximate surface area is 72.6 Å². The summed E-state index contributed by atoms with van der Waals surface area (Å²) in [5, 5.41) is 3.35. The monoisotopic (exact) mass is 184 g/mol. The van der Waals surface area contributed by atoms with Crippen LogP contribution >= 0.6 is 9.24 Å². The third-order valence-corrected chi connectivity index (χ3v) is 1.95. The van der Waals surface area contributed by atoms with Gasteiger partial charge in [0.1, 0.15) is 7.85 Å². The van der Waals surface area contributed by atoms with E-state index in [9.17, 15) is 9.18 Å². The average Bonchev–Trinajstić information content (AvgIpc) is 2.01. The second-order valence-corrected chi connectivity index (χ2v) is 2.72. The first kappa shape index (κ1) is 9.39. The van der Waals surface area contributed by atoms with Gasteiger partial charge in [-0.1, -0.05) is 0 Å². The number of hydrogen-bond acceptors (Lipinski definition) is 2. The van der Waals surface area contributed by atoms with Crippen LogP contribution in [0.5, 0.6) is 0 Å². The fraction of sp³-hybridized carbons (Fsp3) is 0.333. The molecule has 1 aromatic heterocycles. The molecule has 0 saturated carbocycles. The molecule has 1 atom stereocenters. The zero-order chi connectivity index (χ0) is 9.30. The van der Waals surface area contributed by atoms with Gasteiger partial charge in [0.05, 0.1) is 0 Å². The fourth-order valence-electron chi connectivity index (χ4n) is 0.846. The number of aromatic nitrogens is 2.